The van der Waals surface area contributed by atoms with E-state index in [1.54, 1.807) is 16.7 Å². The van der Waals surface area contributed by atoms with Crippen LogP contribution in [0, 0.1) is 0 Å². The van der Waals surface area contributed by atoms with Gasteiger partial charge in [-0.2, -0.15) is 0 Å². The second kappa shape index (κ2) is 4.89. The van der Waals surface area contributed by atoms with E-state index in [1.807, 2.05) is 31.3 Å². The molecule has 1 atom stereocenters. The Morgan fingerprint density at radius 3 is 3.00 bits per heavy atom. The predicted molar refractivity (Wildman–Crippen MR) is 64.3 cm³/mol. The molecular formula is C12H15NO2S. The molecule has 0 saturated carbocycles. The molecule has 0 aromatic heterocycles. The van der Waals surface area contributed by atoms with E-state index in [0.29, 0.717) is 0 Å². The van der Waals surface area contributed by atoms with Crippen molar-refractivity contribution in [3.05, 3.63) is 29.8 Å². The van der Waals surface area contributed by atoms with Crippen LogP contribution in [0.4, 0.5) is 0 Å². The average Bonchev–Trinajstić information content (AvgIpc) is 2.61. The van der Waals surface area contributed by atoms with Crippen molar-refractivity contribution in [1.82, 2.24) is 4.90 Å². The molecule has 1 aliphatic heterocycles. The van der Waals surface area contributed by atoms with Crippen LogP contribution in [0.3, 0.4) is 0 Å². The lowest BCUT2D eigenvalue weighted by Crippen LogP contribution is -2.23. The zero-order valence-corrected chi connectivity index (χ0v) is 10.0. The number of hydrogen-bond acceptors (Lipinski definition) is 3. The summed E-state index contributed by atoms with van der Waals surface area (Å²) in [5.41, 5.74) is 0.892. The maximum absolute atomic E-state index is 11.7. The van der Waals surface area contributed by atoms with Gasteiger partial charge in [-0.15, -0.1) is 11.8 Å². The fourth-order valence-corrected chi connectivity index (χ4v) is 2.99. The molecule has 1 amide bonds. The number of hydrogen-bond donors (Lipinski definition) is 1. The van der Waals surface area contributed by atoms with Gasteiger partial charge in [-0.25, -0.2) is 0 Å². The number of likely N-dealkylation sites (tertiary alicyclic amines) is 1. The zero-order valence-electron chi connectivity index (χ0n) is 9.22. The van der Waals surface area contributed by atoms with Crippen molar-refractivity contribution < 1.29 is 9.90 Å². The van der Waals surface area contributed by atoms with Gasteiger partial charge in [0, 0.05) is 18.5 Å². The second-order valence-corrected chi connectivity index (χ2v) is 5.24. The first kappa shape index (κ1) is 11.5. The normalized spacial score (nSPS) is 20.5. The van der Waals surface area contributed by atoms with Crippen molar-refractivity contribution >= 4 is 17.7 Å². The quantitative estimate of drug-likeness (QED) is 0.866. The van der Waals surface area contributed by atoms with Crippen LogP contribution in [0.15, 0.2) is 29.2 Å². The number of benzene rings is 1. The highest BCUT2D eigenvalue weighted by Crippen LogP contribution is 2.30. The van der Waals surface area contributed by atoms with Gasteiger partial charge in [-0.05, 0) is 24.1 Å². The molecule has 0 radical (unpaired) electrons. The van der Waals surface area contributed by atoms with E-state index in [4.69, 9.17) is 5.11 Å². The van der Waals surface area contributed by atoms with E-state index in [0.717, 1.165) is 23.4 Å². The minimum absolute atomic E-state index is 0.0407. The van der Waals surface area contributed by atoms with Gasteiger partial charge in [0.25, 0.3) is 0 Å². The van der Waals surface area contributed by atoms with Crippen LogP contribution in [-0.2, 0) is 11.4 Å². The van der Waals surface area contributed by atoms with Crippen molar-refractivity contribution in [2.45, 2.75) is 23.2 Å². The Hall–Kier alpha value is -1.00. The van der Waals surface area contributed by atoms with Gasteiger partial charge in [-0.3, -0.25) is 4.79 Å². The molecule has 1 aromatic rings. The lowest BCUT2D eigenvalue weighted by molar-refractivity contribution is -0.126. The van der Waals surface area contributed by atoms with Crippen LogP contribution in [0.5, 0.6) is 0 Å². The number of aliphatic hydroxyl groups excluding tert-OH is 1. The van der Waals surface area contributed by atoms with Crippen molar-refractivity contribution in [3.63, 3.8) is 0 Å². The highest BCUT2D eigenvalue weighted by molar-refractivity contribution is 8.00. The molecule has 0 bridgehead atoms. The molecule has 86 valence electrons. The van der Waals surface area contributed by atoms with Gasteiger partial charge in [0.1, 0.15) is 0 Å². The summed E-state index contributed by atoms with van der Waals surface area (Å²) in [4.78, 5) is 14.5. The lowest BCUT2D eigenvalue weighted by Gasteiger charge is -2.10. The first-order valence-corrected chi connectivity index (χ1v) is 6.20. The predicted octanol–water partition coefficient (Wildman–Crippen LogP) is 1.50. The molecule has 1 fully saturated rings. The molecule has 3 nitrogen and oxygen atoms in total. The number of rotatable bonds is 3. The molecule has 2 rings (SSSR count). The number of amides is 1. The Kier molecular flexibility index (Phi) is 3.51. The number of thioether (sulfide) groups is 1. The van der Waals surface area contributed by atoms with Crippen molar-refractivity contribution in [3.8, 4) is 0 Å². The highest BCUT2D eigenvalue weighted by atomic mass is 32.2. The van der Waals surface area contributed by atoms with Gasteiger partial charge in [-0.1, -0.05) is 12.1 Å². The summed E-state index contributed by atoms with van der Waals surface area (Å²) in [5.74, 6) is 0.208. The van der Waals surface area contributed by atoms with E-state index >= 15 is 0 Å². The molecule has 1 saturated heterocycles. The van der Waals surface area contributed by atoms with Gasteiger partial charge >= 0.3 is 0 Å². The molecule has 16 heavy (non-hydrogen) atoms. The molecular weight excluding hydrogens is 222 g/mol. The third-order valence-corrected chi connectivity index (χ3v) is 3.99. The van der Waals surface area contributed by atoms with E-state index in [2.05, 4.69) is 0 Å². The Balaban J connectivity index is 2.06. The number of carbonyl (C=O) groups is 1. The summed E-state index contributed by atoms with van der Waals surface area (Å²) in [6, 6.07) is 7.72. The number of nitrogens with zero attached hydrogens (tertiary/aromatic N) is 1. The van der Waals surface area contributed by atoms with Crippen LogP contribution < -0.4 is 0 Å². The number of aliphatic hydroxyl groups is 1. The largest absolute Gasteiger partial charge is 0.392 e. The standard InChI is InChI=1S/C12H15NO2S/c1-13-6-5-11(12(13)15)16-10-4-2-3-9(7-10)8-14/h2-4,7,11,14H,5-6,8H2,1H3. The SMILES string of the molecule is CN1CCC(Sc2cccc(CO)c2)C1=O. The fourth-order valence-electron chi connectivity index (χ4n) is 1.78. The summed E-state index contributed by atoms with van der Waals surface area (Å²) in [7, 11) is 1.84. The van der Waals surface area contributed by atoms with Crippen LogP contribution in [0.1, 0.15) is 12.0 Å². The van der Waals surface area contributed by atoms with Crippen molar-refractivity contribution in [1.29, 1.82) is 0 Å². The minimum Gasteiger partial charge on any atom is -0.392 e. The van der Waals surface area contributed by atoms with Crippen LogP contribution in [-0.4, -0.2) is 34.8 Å². The van der Waals surface area contributed by atoms with Gasteiger partial charge in [0.15, 0.2) is 0 Å². The monoisotopic (exact) mass is 237 g/mol. The average molecular weight is 237 g/mol. The lowest BCUT2D eigenvalue weighted by atomic mass is 10.2. The van der Waals surface area contributed by atoms with Crippen LogP contribution in [0.2, 0.25) is 0 Å². The maximum atomic E-state index is 11.7. The zero-order chi connectivity index (χ0) is 11.5. The molecule has 1 unspecified atom stereocenters. The third-order valence-electron chi connectivity index (χ3n) is 2.74. The summed E-state index contributed by atoms with van der Waals surface area (Å²) >= 11 is 1.59. The molecule has 0 spiro atoms. The Morgan fingerprint density at radius 1 is 1.56 bits per heavy atom. The van der Waals surface area contributed by atoms with E-state index in [1.165, 1.54) is 0 Å². The van der Waals surface area contributed by atoms with Crippen molar-refractivity contribution in [2.24, 2.45) is 0 Å². The molecule has 0 aliphatic carbocycles. The maximum Gasteiger partial charge on any atom is 0.235 e. The van der Waals surface area contributed by atoms with Gasteiger partial charge in [0.05, 0.1) is 11.9 Å². The second-order valence-electron chi connectivity index (χ2n) is 3.96. The molecule has 1 aliphatic rings. The Bertz CT molecular complexity index is 394. The topological polar surface area (TPSA) is 40.5 Å². The smallest absolute Gasteiger partial charge is 0.235 e. The van der Waals surface area contributed by atoms with Crippen LogP contribution in [0.25, 0.3) is 0 Å². The van der Waals surface area contributed by atoms with Crippen molar-refractivity contribution in [2.75, 3.05) is 13.6 Å². The first-order valence-electron chi connectivity index (χ1n) is 5.32. The van der Waals surface area contributed by atoms with E-state index < -0.39 is 0 Å². The Morgan fingerprint density at radius 2 is 2.38 bits per heavy atom. The molecule has 1 N–H and O–H groups in total. The number of carbonyl (C=O) groups excluding carboxylic acids is 1. The first-order chi connectivity index (χ1) is 7.70. The summed E-state index contributed by atoms with van der Waals surface area (Å²) in [6.07, 6.45) is 0.906. The summed E-state index contributed by atoms with van der Waals surface area (Å²) in [6.45, 7) is 0.892. The van der Waals surface area contributed by atoms with E-state index in [9.17, 15) is 4.79 Å². The summed E-state index contributed by atoms with van der Waals surface area (Å²) in [5, 5.41) is 9.07. The van der Waals surface area contributed by atoms with Crippen LogP contribution >= 0.6 is 11.8 Å². The van der Waals surface area contributed by atoms with Gasteiger partial charge < -0.3 is 10.0 Å². The fraction of sp³-hybridized carbons (Fsp3) is 0.417. The third kappa shape index (κ3) is 2.39. The van der Waals surface area contributed by atoms with Gasteiger partial charge in [0.2, 0.25) is 5.91 Å². The molecule has 1 aromatic carbocycles. The molecule has 1 heterocycles. The summed E-state index contributed by atoms with van der Waals surface area (Å²) < 4.78 is 0. The molecule has 4 heteroatoms. The minimum atomic E-state index is 0.0407. The Labute approximate surface area is 99.5 Å². The highest BCUT2D eigenvalue weighted by Gasteiger charge is 2.29. The van der Waals surface area contributed by atoms with E-state index in [-0.39, 0.29) is 17.8 Å².